The number of hydrogen-bond donors (Lipinski definition) is 0. The van der Waals surface area contributed by atoms with E-state index in [0.717, 1.165) is 0 Å². The van der Waals surface area contributed by atoms with Gasteiger partial charge < -0.3 is 9.64 Å². The van der Waals surface area contributed by atoms with Crippen LogP contribution in [-0.2, 0) is 4.74 Å². The number of carbonyl (C=O) groups is 1. The molecule has 0 aliphatic rings. The van der Waals surface area contributed by atoms with Crippen molar-refractivity contribution in [2.24, 2.45) is 0 Å². The third-order valence-corrected chi connectivity index (χ3v) is 3.36. The Kier molecular flexibility index (Phi) is 9.72. The molecule has 0 aromatic carbocycles. The monoisotopic (exact) mass is 263 g/mol. The van der Waals surface area contributed by atoms with Gasteiger partial charge in [-0.2, -0.15) is 6.08 Å². The zero-order valence-corrected chi connectivity index (χ0v) is 14.2. The van der Waals surface area contributed by atoms with Gasteiger partial charge in [0, 0.05) is 12.1 Å². The van der Waals surface area contributed by atoms with Crippen LogP contribution < -0.4 is 18.9 Å². The molecule has 0 aromatic heterocycles. The first-order chi connectivity index (χ1) is 7.65. The topological polar surface area (TPSA) is 29.5 Å². The summed E-state index contributed by atoms with van der Waals surface area (Å²) < 4.78 is 5.12. The van der Waals surface area contributed by atoms with Crippen molar-refractivity contribution in [1.29, 1.82) is 0 Å². The molecule has 18 heavy (non-hydrogen) atoms. The molecule has 0 spiro atoms. The van der Waals surface area contributed by atoms with Gasteiger partial charge in [-0.25, -0.2) is 10.5 Å². The van der Waals surface area contributed by atoms with Crippen molar-refractivity contribution in [3.05, 3.63) is 18.4 Å². The second-order valence-electron chi connectivity index (χ2n) is 5.84. The van der Waals surface area contributed by atoms with Gasteiger partial charge in [0.25, 0.3) is 0 Å². The Morgan fingerprint density at radius 2 is 1.61 bits per heavy atom. The van der Waals surface area contributed by atoms with E-state index >= 15 is 0 Å². The molecule has 1 amide bonds. The summed E-state index contributed by atoms with van der Waals surface area (Å²) in [5, 5.41) is 0. The quantitative estimate of drug-likeness (QED) is 0.543. The van der Waals surface area contributed by atoms with Gasteiger partial charge in [-0.05, 0) is 35.8 Å². The average molecular weight is 263 g/mol. The number of nitrogens with zero attached hydrogens (tertiary/aromatic N) is 1. The van der Waals surface area contributed by atoms with Crippen LogP contribution in [0.2, 0.25) is 19.6 Å². The van der Waals surface area contributed by atoms with Gasteiger partial charge in [0.1, 0.15) is 0 Å². The molecule has 0 aromatic rings. The molecular formula is C13H26LiNO2Si. The van der Waals surface area contributed by atoms with E-state index in [9.17, 15) is 4.79 Å². The van der Waals surface area contributed by atoms with Gasteiger partial charge in [0.15, 0.2) is 0 Å². The predicted octanol–water partition coefficient (Wildman–Crippen LogP) is 0.841. The van der Waals surface area contributed by atoms with Gasteiger partial charge in [-0.1, -0.05) is 26.2 Å². The number of hydrogen-bond acceptors (Lipinski definition) is 2. The van der Waals surface area contributed by atoms with Crippen LogP contribution in [0.15, 0.2) is 11.8 Å². The Labute approximate surface area is 125 Å². The fourth-order valence-electron chi connectivity index (χ4n) is 1.50. The van der Waals surface area contributed by atoms with Crippen LogP contribution in [0, 0.1) is 6.61 Å². The first-order valence-corrected chi connectivity index (χ1v) is 9.73. The normalized spacial score (nSPS) is 11.6. The van der Waals surface area contributed by atoms with E-state index in [4.69, 9.17) is 4.74 Å². The van der Waals surface area contributed by atoms with Crippen LogP contribution in [0.25, 0.3) is 0 Å². The van der Waals surface area contributed by atoms with Crippen LogP contribution in [0.4, 0.5) is 4.79 Å². The standard InChI is InChI=1S/C13H26NO2Si.Li/c1-11(2)14(12(3)4)13(15)16-9-8-10-17(5,6)7;/h8-12H,1-7H3;/q-1;+1/b10-8+;. The number of amides is 1. The van der Waals surface area contributed by atoms with Crippen molar-refractivity contribution in [2.45, 2.75) is 59.4 Å². The van der Waals surface area contributed by atoms with Crippen molar-refractivity contribution < 1.29 is 28.4 Å². The van der Waals surface area contributed by atoms with Gasteiger partial charge in [-0.3, -0.25) is 0 Å². The van der Waals surface area contributed by atoms with Gasteiger partial charge in [-0.15, -0.1) is 0 Å². The van der Waals surface area contributed by atoms with E-state index < -0.39 is 8.07 Å². The smallest absolute Gasteiger partial charge is 0.511 e. The molecule has 0 aliphatic carbocycles. The summed E-state index contributed by atoms with van der Waals surface area (Å²) in [6.45, 7) is 16.1. The molecule has 0 saturated carbocycles. The van der Waals surface area contributed by atoms with Gasteiger partial charge in [0.2, 0.25) is 0 Å². The molecule has 0 heterocycles. The SMILES string of the molecule is CC(C)N(C(=O)O[CH-]/C=C/[Si](C)(C)C)C(C)C.[Li+]. The Morgan fingerprint density at radius 3 is 1.94 bits per heavy atom. The zero-order valence-electron chi connectivity index (χ0n) is 13.2. The van der Waals surface area contributed by atoms with Gasteiger partial charge >= 0.3 is 25.0 Å². The van der Waals surface area contributed by atoms with E-state index in [1.807, 2.05) is 33.8 Å². The van der Waals surface area contributed by atoms with Crippen LogP contribution in [0.3, 0.4) is 0 Å². The minimum absolute atomic E-state index is 0. The third kappa shape index (κ3) is 8.74. The number of carbonyl (C=O) groups excluding carboxylic acids is 1. The number of rotatable bonds is 5. The maximum Gasteiger partial charge on any atom is 1.00 e. The summed E-state index contributed by atoms with van der Waals surface area (Å²) in [5.74, 6) is 0. The summed E-state index contributed by atoms with van der Waals surface area (Å²) in [4.78, 5) is 13.5. The largest absolute Gasteiger partial charge is 1.00 e. The Morgan fingerprint density at radius 1 is 1.17 bits per heavy atom. The molecule has 0 aliphatic heterocycles. The minimum Gasteiger partial charge on any atom is -0.511 e. The summed E-state index contributed by atoms with van der Waals surface area (Å²) in [7, 11) is -1.22. The Hall–Kier alpha value is -0.306. The molecule has 0 fully saturated rings. The van der Waals surface area contributed by atoms with E-state index in [1.165, 1.54) is 6.61 Å². The predicted molar refractivity (Wildman–Crippen MR) is 75.4 cm³/mol. The molecule has 0 radical (unpaired) electrons. The van der Waals surface area contributed by atoms with E-state index in [2.05, 4.69) is 25.3 Å². The molecule has 0 unspecified atom stereocenters. The molecule has 0 bridgehead atoms. The summed E-state index contributed by atoms with van der Waals surface area (Å²) >= 11 is 0. The molecule has 0 rings (SSSR count). The molecule has 3 nitrogen and oxygen atoms in total. The molecule has 5 heteroatoms. The molecule has 0 N–H and O–H groups in total. The van der Waals surface area contributed by atoms with Crippen molar-refractivity contribution in [1.82, 2.24) is 4.90 Å². The molecule has 0 saturated heterocycles. The molecule has 100 valence electrons. The fourth-order valence-corrected chi connectivity index (χ4v) is 2.16. The van der Waals surface area contributed by atoms with Crippen LogP contribution in [-0.4, -0.2) is 31.2 Å². The van der Waals surface area contributed by atoms with Crippen molar-refractivity contribution >= 4 is 14.2 Å². The molecule has 0 atom stereocenters. The average Bonchev–Trinajstić information content (AvgIpc) is 2.09. The zero-order chi connectivity index (χ0) is 13.6. The van der Waals surface area contributed by atoms with E-state index in [-0.39, 0.29) is 37.0 Å². The third-order valence-electron chi connectivity index (χ3n) is 2.17. The fraction of sp³-hybridized carbons (Fsp3) is 0.692. The van der Waals surface area contributed by atoms with Crippen molar-refractivity contribution in [3.63, 3.8) is 0 Å². The first kappa shape index (κ1) is 20.0. The van der Waals surface area contributed by atoms with E-state index in [0.29, 0.717) is 0 Å². The second-order valence-corrected chi connectivity index (χ2v) is 10.9. The van der Waals surface area contributed by atoms with E-state index in [1.54, 1.807) is 4.90 Å². The summed E-state index contributed by atoms with van der Waals surface area (Å²) in [6.07, 6.45) is 1.55. The maximum absolute atomic E-state index is 11.8. The number of ether oxygens (including phenoxy) is 1. The summed E-state index contributed by atoms with van der Waals surface area (Å²) in [6, 6.07) is 0.300. The Balaban J connectivity index is 0. The van der Waals surface area contributed by atoms with Crippen LogP contribution in [0.1, 0.15) is 27.7 Å². The van der Waals surface area contributed by atoms with Crippen LogP contribution in [0.5, 0.6) is 0 Å². The summed E-state index contributed by atoms with van der Waals surface area (Å²) in [5.41, 5.74) is 2.13. The van der Waals surface area contributed by atoms with Crippen molar-refractivity contribution in [2.75, 3.05) is 0 Å². The first-order valence-electron chi connectivity index (χ1n) is 6.15. The van der Waals surface area contributed by atoms with Gasteiger partial charge in [0.05, 0.1) is 0 Å². The van der Waals surface area contributed by atoms with Crippen LogP contribution >= 0.6 is 0 Å². The minimum atomic E-state index is -1.22. The Bertz CT molecular complexity index is 265. The maximum atomic E-state index is 11.8. The van der Waals surface area contributed by atoms with Crippen molar-refractivity contribution in [3.8, 4) is 0 Å². The molecular weight excluding hydrogens is 237 g/mol. The second kappa shape index (κ2) is 8.74.